The standard InChI is InChI=1S/C44H56N2O6/c1-26(5-14-40(47)50-4)34-10-11-35-33-9-8-31-21-32-15-16-43(31,2)36(33)22-39(44(34,35)3)52-42(49)20-28-7-13-38-30(18-28)24-46-25-45(38)23-29-17-27(6-12-37(29)46)19-41(48)51-32/h6-7,12-13,17-18,26,31-36,39H,5,8-11,14-16,19-25H2,1-4H3/t26-,31?,32-,33+,34-,35+,36+,39+,43+,44-/m1/s1. The molecule has 2 aromatic rings. The Balaban J connectivity index is 1.07. The summed E-state index contributed by atoms with van der Waals surface area (Å²) in [6.45, 7) is 9.65. The summed E-state index contributed by atoms with van der Waals surface area (Å²) in [5, 5.41) is 0. The molecule has 13 aliphatic rings. The van der Waals surface area contributed by atoms with Crippen LogP contribution in [-0.4, -0.2) is 43.9 Å². The number of carbonyl (C=O) groups is 3. The molecule has 4 aliphatic carbocycles. The summed E-state index contributed by atoms with van der Waals surface area (Å²) < 4.78 is 18.1. The first kappa shape index (κ1) is 34.2. The highest BCUT2D eigenvalue weighted by molar-refractivity contribution is 5.76. The first-order chi connectivity index (χ1) is 25.0. The van der Waals surface area contributed by atoms with Gasteiger partial charge in [-0.05, 0) is 133 Å². The summed E-state index contributed by atoms with van der Waals surface area (Å²) in [5.41, 5.74) is 6.92. The molecule has 0 radical (unpaired) electrons. The van der Waals surface area contributed by atoms with Crippen molar-refractivity contribution in [3.63, 3.8) is 0 Å². The zero-order chi connectivity index (χ0) is 35.9. The second-order valence-electron chi connectivity index (χ2n) is 18.2. The SMILES string of the molecule is COC(=O)CC[C@@H](C)[C@H]1CC[C@H]2[C@@H]3CCC4C[C@H]5CC[C@]4(C)[C@H]3C[C@H](OC(=O)Cc3ccc4c(c3)CN3CN4Cc4cc(ccc43)CC(=O)O5)[C@]12C. The fraction of sp³-hybridized carbons (Fsp3) is 0.659. The normalized spacial score (nSPS) is 36.7. The van der Waals surface area contributed by atoms with Crippen LogP contribution < -0.4 is 9.80 Å². The van der Waals surface area contributed by atoms with Crippen molar-refractivity contribution in [2.24, 2.45) is 46.3 Å². The third-order valence-corrected chi connectivity index (χ3v) is 15.8. The molecule has 0 aromatic heterocycles. The summed E-state index contributed by atoms with van der Waals surface area (Å²) >= 11 is 0. The molecule has 0 saturated heterocycles. The smallest absolute Gasteiger partial charge is 0.310 e. The Labute approximate surface area is 308 Å². The molecule has 0 amide bonds. The van der Waals surface area contributed by atoms with E-state index in [9.17, 15) is 14.4 Å². The Morgan fingerprint density at radius 3 is 2.21 bits per heavy atom. The number of benzene rings is 2. The first-order valence-electron chi connectivity index (χ1n) is 20.2. The first-order valence-corrected chi connectivity index (χ1v) is 20.2. The third kappa shape index (κ3) is 5.55. The summed E-state index contributed by atoms with van der Waals surface area (Å²) in [6, 6.07) is 13.0. The van der Waals surface area contributed by atoms with E-state index in [2.05, 4.69) is 67.0 Å². The van der Waals surface area contributed by atoms with Gasteiger partial charge in [-0.3, -0.25) is 14.4 Å². The summed E-state index contributed by atoms with van der Waals surface area (Å²) in [7, 11) is 1.47. The van der Waals surface area contributed by atoms with Crippen molar-refractivity contribution in [1.29, 1.82) is 0 Å². The van der Waals surface area contributed by atoms with E-state index in [1.54, 1.807) is 0 Å². The van der Waals surface area contributed by atoms with Crippen LogP contribution in [0.4, 0.5) is 11.4 Å². The molecule has 9 aliphatic heterocycles. The molecule has 278 valence electrons. The quantitative estimate of drug-likeness (QED) is 0.236. The Morgan fingerprint density at radius 1 is 0.865 bits per heavy atom. The number of nitrogens with zero attached hydrogens (tertiary/aromatic N) is 2. The van der Waals surface area contributed by atoms with Crippen LogP contribution in [0.1, 0.15) is 107 Å². The lowest BCUT2D eigenvalue weighted by Crippen LogP contribution is -2.59. The number of ether oxygens (including phenoxy) is 3. The van der Waals surface area contributed by atoms with Crippen molar-refractivity contribution >= 4 is 29.3 Å². The molecule has 10 atom stereocenters. The van der Waals surface area contributed by atoms with Crippen molar-refractivity contribution in [2.75, 3.05) is 23.6 Å². The lowest BCUT2D eigenvalue weighted by molar-refractivity contribution is -0.199. The van der Waals surface area contributed by atoms with Gasteiger partial charge in [0.2, 0.25) is 0 Å². The van der Waals surface area contributed by atoms with E-state index in [1.165, 1.54) is 42.5 Å². The van der Waals surface area contributed by atoms with E-state index in [0.717, 1.165) is 75.8 Å². The summed E-state index contributed by atoms with van der Waals surface area (Å²) in [6.07, 6.45) is 9.98. The van der Waals surface area contributed by atoms with Crippen LogP contribution >= 0.6 is 0 Å². The molecule has 15 rings (SSSR count). The van der Waals surface area contributed by atoms with Gasteiger partial charge in [0, 0.05) is 36.3 Å². The van der Waals surface area contributed by atoms with Gasteiger partial charge < -0.3 is 24.0 Å². The molecule has 13 bridgehead atoms. The Hall–Kier alpha value is -3.55. The van der Waals surface area contributed by atoms with Gasteiger partial charge in [-0.1, -0.05) is 45.0 Å². The highest BCUT2D eigenvalue weighted by Gasteiger charge is 2.65. The topological polar surface area (TPSA) is 85.4 Å². The van der Waals surface area contributed by atoms with Crippen LogP contribution in [-0.2, 0) is 54.5 Å². The van der Waals surface area contributed by atoms with E-state index in [-0.39, 0.29) is 47.4 Å². The highest BCUT2D eigenvalue weighted by Crippen LogP contribution is 2.69. The molecule has 4 fully saturated rings. The van der Waals surface area contributed by atoms with Gasteiger partial charge in [-0.25, -0.2) is 0 Å². The maximum Gasteiger partial charge on any atom is 0.310 e. The predicted octanol–water partition coefficient (Wildman–Crippen LogP) is 7.76. The average Bonchev–Trinajstić information content (AvgIpc) is 3.48. The van der Waals surface area contributed by atoms with Gasteiger partial charge in [-0.15, -0.1) is 0 Å². The Kier molecular flexibility index (Phi) is 8.42. The third-order valence-electron chi connectivity index (χ3n) is 15.8. The van der Waals surface area contributed by atoms with Gasteiger partial charge in [0.25, 0.3) is 0 Å². The largest absolute Gasteiger partial charge is 0.469 e. The lowest BCUT2D eigenvalue weighted by Gasteiger charge is -2.62. The van der Waals surface area contributed by atoms with Gasteiger partial charge in [0.05, 0.1) is 26.6 Å². The molecular weight excluding hydrogens is 652 g/mol. The minimum Gasteiger partial charge on any atom is -0.469 e. The fourth-order valence-electron chi connectivity index (χ4n) is 13.2. The number of hydrogen-bond donors (Lipinski definition) is 0. The average molecular weight is 709 g/mol. The number of esters is 3. The molecule has 52 heavy (non-hydrogen) atoms. The molecule has 9 heterocycles. The van der Waals surface area contributed by atoms with Crippen molar-refractivity contribution < 1.29 is 28.6 Å². The van der Waals surface area contributed by atoms with Crippen molar-refractivity contribution in [3.05, 3.63) is 58.7 Å². The molecular formula is C44H56N2O6. The minimum atomic E-state index is -0.168. The van der Waals surface area contributed by atoms with E-state index in [4.69, 9.17) is 14.2 Å². The molecule has 8 heteroatoms. The van der Waals surface area contributed by atoms with E-state index in [0.29, 0.717) is 48.3 Å². The number of fused-ring (bicyclic) bond motifs is 2. The summed E-state index contributed by atoms with van der Waals surface area (Å²) in [5.74, 6) is 2.36. The number of hydrogen-bond acceptors (Lipinski definition) is 8. The zero-order valence-electron chi connectivity index (χ0n) is 31.5. The van der Waals surface area contributed by atoms with Gasteiger partial charge in [0.1, 0.15) is 12.2 Å². The molecule has 4 saturated carbocycles. The molecule has 8 nitrogen and oxygen atoms in total. The van der Waals surface area contributed by atoms with E-state index < -0.39 is 0 Å². The van der Waals surface area contributed by atoms with Gasteiger partial charge >= 0.3 is 17.9 Å². The lowest BCUT2D eigenvalue weighted by atomic mass is 9.43. The van der Waals surface area contributed by atoms with Crippen LogP contribution in [0.25, 0.3) is 0 Å². The van der Waals surface area contributed by atoms with Crippen molar-refractivity contribution in [1.82, 2.24) is 0 Å². The minimum absolute atomic E-state index is 0.0378. The predicted molar refractivity (Wildman–Crippen MR) is 198 cm³/mol. The molecule has 1 unspecified atom stereocenters. The van der Waals surface area contributed by atoms with E-state index >= 15 is 0 Å². The van der Waals surface area contributed by atoms with E-state index in [1.807, 2.05) is 0 Å². The maximum absolute atomic E-state index is 14.2. The molecule has 0 N–H and O–H groups in total. The summed E-state index contributed by atoms with van der Waals surface area (Å²) in [4.78, 5) is 44.6. The number of carbonyl (C=O) groups excluding carboxylic acids is 3. The number of rotatable bonds is 4. The second-order valence-corrected chi connectivity index (χ2v) is 18.2. The fourth-order valence-corrected chi connectivity index (χ4v) is 13.2. The van der Waals surface area contributed by atoms with Gasteiger partial charge in [-0.2, -0.15) is 0 Å². The monoisotopic (exact) mass is 708 g/mol. The van der Waals surface area contributed by atoms with Crippen molar-refractivity contribution in [3.8, 4) is 0 Å². The van der Waals surface area contributed by atoms with Crippen molar-refractivity contribution in [2.45, 2.75) is 123 Å². The highest BCUT2D eigenvalue weighted by atomic mass is 16.5. The van der Waals surface area contributed by atoms with Crippen LogP contribution in [0.15, 0.2) is 36.4 Å². The molecule has 2 aromatic carbocycles. The van der Waals surface area contributed by atoms with Crippen LogP contribution in [0.3, 0.4) is 0 Å². The second kappa shape index (κ2) is 12.8. The van der Waals surface area contributed by atoms with Gasteiger partial charge in [0.15, 0.2) is 0 Å². The maximum atomic E-state index is 14.2. The van der Waals surface area contributed by atoms with Crippen LogP contribution in [0, 0.1) is 46.3 Å². The molecule has 0 spiro atoms. The van der Waals surface area contributed by atoms with Crippen LogP contribution in [0.2, 0.25) is 0 Å². The van der Waals surface area contributed by atoms with Crippen LogP contribution in [0.5, 0.6) is 0 Å². The Bertz CT molecular complexity index is 1770. The zero-order valence-corrected chi connectivity index (χ0v) is 31.5. The number of anilines is 2. The number of methoxy groups -OCH3 is 1. The Morgan fingerprint density at radius 2 is 1.54 bits per heavy atom.